The molecule has 0 bridgehead atoms. The Kier molecular flexibility index (Phi) is 4.15. The zero-order valence-corrected chi connectivity index (χ0v) is 12.4. The molecule has 0 amide bonds. The standard InChI is InChI=1S/C16H14BrFO/c1-10-6-7-11(2)12(8-10)9-15(19)13-4-3-5-14(17)16(13)18/h3-8H,9H2,1-2H3. The zero-order chi connectivity index (χ0) is 14.0. The third-order valence-corrected chi connectivity index (χ3v) is 3.72. The smallest absolute Gasteiger partial charge is 0.170 e. The van der Waals surface area contributed by atoms with Gasteiger partial charge in [-0.25, -0.2) is 4.39 Å². The SMILES string of the molecule is Cc1ccc(C)c(CC(=O)c2cccc(Br)c2F)c1. The molecule has 0 atom stereocenters. The average molecular weight is 321 g/mol. The van der Waals surface area contributed by atoms with E-state index in [9.17, 15) is 9.18 Å². The third kappa shape index (κ3) is 3.10. The van der Waals surface area contributed by atoms with Gasteiger partial charge in [0.05, 0.1) is 10.0 Å². The summed E-state index contributed by atoms with van der Waals surface area (Å²) in [4.78, 5) is 12.2. The summed E-state index contributed by atoms with van der Waals surface area (Å²) in [5.41, 5.74) is 3.23. The quantitative estimate of drug-likeness (QED) is 0.753. The van der Waals surface area contributed by atoms with E-state index in [-0.39, 0.29) is 17.8 Å². The molecule has 0 aliphatic carbocycles. The summed E-state index contributed by atoms with van der Waals surface area (Å²) in [7, 11) is 0. The van der Waals surface area contributed by atoms with Crippen LogP contribution in [0.4, 0.5) is 4.39 Å². The van der Waals surface area contributed by atoms with E-state index in [0.29, 0.717) is 4.47 Å². The summed E-state index contributed by atoms with van der Waals surface area (Å²) >= 11 is 3.10. The van der Waals surface area contributed by atoms with Crippen LogP contribution in [0.25, 0.3) is 0 Å². The molecule has 0 radical (unpaired) electrons. The van der Waals surface area contributed by atoms with Gasteiger partial charge in [0.2, 0.25) is 0 Å². The molecule has 2 aromatic rings. The number of hydrogen-bond donors (Lipinski definition) is 0. The van der Waals surface area contributed by atoms with Gasteiger partial charge in [-0.3, -0.25) is 4.79 Å². The number of hydrogen-bond acceptors (Lipinski definition) is 1. The highest BCUT2D eigenvalue weighted by atomic mass is 79.9. The highest BCUT2D eigenvalue weighted by Crippen LogP contribution is 2.21. The van der Waals surface area contributed by atoms with Crippen molar-refractivity contribution in [3.63, 3.8) is 0 Å². The van der Waals surface area contributed by atoms with Gasteiger partial charge >= 0.3 is 0 Å². The van der Waals surface area contributed by atoms with E-state index in [0.717, 1.165) is 16.7 Å². The Hall–Kier alpha value is -1.48. The predicted octanol–water partition coefficient (Wildman–Crippen LogP) is 4.63. The van der Waals surface area contributed by atoms with Crippen LogP contribution in [0.3, 0.4) is 0 Å². The molecule has 0 aromatic heterocycles. The van der Waals surface area contributed by atoms with Crippen LogP contribution in [-0.2, 0) is 6.42 Å². The van der Waals surface area contributed by atoms with Gasteiger partial charge in [-0.05, 0) is 53.0 Å². The van der Waals surface area contributed by atoms with Crippen molar-refractivity contribution in [2.75, 3.05) is 0 Å². The van der Waals surface area contributed by atoms with E-state index in [4.69, 9.17) is 0 Å². The molecule has 0 heterocycles. The molecule has 0 spiro atoms. The third-order valence-electron chi connectivity index (χ3n) is 3.11. The molecule has 0 saturated carbocycles. The molecule has 1 nitrogen and oxygen atoms in total. The second-order valence-electron chi connectivity index (χ2n) is 4.63. The van der Waals surface area contributed by atoms with Gasteiger partial charge in [0, 0.05) is 6.42 Å². The maximum Gasteiger partial charge on any atom is 0.170 e. The molecule has 0 aliphatic heterocycles. The number of carbonyl (C=O) groups is 1. The number of aryl methyl sites for hydroxylation is 2. The first-order chi connectivity index (χ1) is 8.99. The molecule has 3 heteroatoms. The number of halogens is 2. The Balaban J connectivity index is 2.31. The van der Waals surface area contributed by atoms with Crippen LogP contribution < -0.4 is 0 Å². The Morgan fingerprint density at radius 3 is 2.68 bits per heavy atom. The van der Waals surface area contributed by atoms with Crippen molar-refractivity contribution in [1.82, 2.24) is 0 Å². The minimum atomic E-state index is -0.488. The number of ketones is 1. The molecule has 0 fully saturated rings. The molecule has 19 heavy (non-hydrogen) atoms. The monoisotopic (exact) mass is 320 g/mol. The lowest BCUT2D eigenvalue weighted by atomic mass is 9.97. The van der Waals surface area contributed by atoms with Gasteiger partial charge < -0.3 is 0 Å². The first-order valence-corrected chi connectivity index (χ1v) is 6.81. The normalized spacial score (nSPS) is 10.5. The van der Waals surface area contributed by atoms with Crippen molar-refractivity contribution in [3.8, 4) is 0 Å². The lowest BCUT2D eigenvalue weighted by molar-refractivity contribution is 0.0989. The molecule has 98 valence electrons. The molecule has 2 rings (SSSR count). The highest BCUT2D eigenvalue weighted by molar-refractivity contribution is 9.10. The summed E-state index contributed by atoms with van der Waals surface area (Å²) < 4.78 is 14.2. The van der Waals surface area contributed by atoms with Crippen molar-refractivity contribution in [2.24, 2.45) is 0 Å². The summed E-state index contributed by atoms with van der Waals surface area (Å²) in [5, 5.41) is 0. The van der Waals surface area contributed by atoms with Crippen molar-refractivity contribution < 1.29 is 9.18 Å². The van der Waals surface area contributed by atoms with Crippen LogP contribution in [-0.4, -0.2) is 5.78 Å². The van der Waals surface area contributed by atoms with Crippen molar-refractivity contribution in [3.05, 3.63) is 68.9 Å². The maximum absolute atomic E-state index is 13.9. The number of carbonyl (C=O) groups excluding carboxylic acids is 1. The van der Waals surface area contributed by atoms with Crippen molar-refractivity contribution >= 4 is 21.7 Å². The summed E-state index contributed by atoms with van der Waals surface area (Å²) in [6.07, 6.45) is 0.223. The Bertz CT molecular complexity index is 635. The maximum atomic E-state index is 13.9. The lowest BCUT2D eigenvalue weighted by Crippen LogP contribution is -2.07. The summed E-state index contributed by atoms with van der Waals surface area (Å²) in [5.74, 6) is -0.690. The summed E-state index contributed by atoms with van der Waals surface area (Å²) in [6.45, 7) is 3.94. The Morgan fingerprint density at radius 2 is 1.95 bits per heavy atom. The van der Waals surface area contributed by atoms with Crippen molar-refractivity contribution in [1.29, 1.82) is 0 Å². The average Bonchev–Trinajstić information content (AvgIpc) is 2.37. The molecule has 0 unspecified atom stereocenters. The molecular formula is C16H14BrFO. The second-order valence-corrected chi connectivity index (χ2v) is 5.49. The lowest BCUT2D eigenvalue weighted by Gasteiger charge is -2.08. The highest BCUT2D eigenvalue weighted by Gasteiger charge is 2.15. The van der Waals surface area contributed by atoms with Gasteiger partial charge in [0.25, 0.3) is 0 Å². The van der Waals surface area contributed by atoms with Crippen LogP contribution in [0.15, 0.2) is 40.9 Å². The number of rotatable bonds is 3. The summed E-state index contributed by atoms with van der Waals surface area (Å²) in [6, 6.07) is 10.7. The first kappa shape index (κ1) is 13.9. The van der Waals surface area contributed by atoms with E-state index in [1.165, 1.54) is 6.07 Å². The van der Waals surface area contributed by atoms with E-state index >= 15 is 0 Å². The predicted molar refractivity (Wildman–Crippen MR) is 78.1 cm³/mol. The first-order valence-electron chi connectivity index (χ1n) is 6.02. The molecule has 0 N–H and O–H groups in total. The van der Waals surface area contributed by atoms with Crippen LogP contribution in [0.5, 0.6) is 0 Å². The fourth-order valence-corrected chi connectivity index (χ4v) is 2.34. The van der Waals surface area contributed by atoms with E-state index in [2.05, 4.69) is 15.9 Å². The van der Waals surface area contributed by atoms with Gasteiger partial charge in [0.1, 0.15) is 5.82 Å². The topological polar surface area (TPSA) is 17.1 Å². The minimum Gasteiger partial charge on any atom is -0.294 e. The van der Waals surface area contributed by atoms with Crippen LogP contribution >= 0.6 is 15.9 Å². The minimum absolute atomic E-state index is 0.135. The van der Waals surface area contributed by atoms with E-state index in [1.807, 2.05) is 32.0 Å². The molecule has 2 aromatic carbocycles. The molecule has 0 aliphatic rings. The van der Waals surface area contributed by atoms with Gasteiger partial charge in [-0.1, -0.05) is 29.8 Å². The molecular weight excluding hydrogens is 307 g/mol. The fourth-order valence-electron chi connectivity index (χ4n) is 1.98. The fraction of sp³-hybridized carbons (Fsp3) is 0.188. The Labute approximate surface area is 120 Å². The molecule has 0 saturated heterocycles. The van der Waals surface area contributed by atoms with Crippen LogP contribution in [0.2, 0.25) is 0 Å². The number of benzene rings is 2. The van der Waals surface area contributed by atoms with E-state index in [1.54, 1.807) is 12.1 Å². The van der Waals surface area contributed by atoms with E-state index < -0.39 is 5.82 Å². The van der Waals surface area contributed by atoms with Crippen LogP contribution in [0.1, 0.15) is 27.0 Å². The van der Waals surface area contributed by atoms with Gasteiger partial charge in [-0.2, -0.15) is 0 Å². The van der Waals surface area contributed by atoms with Gasteiger partial charge in [-0.15, -0.1) is 0 Å². The number of Topliss-reactive ketones (excluding diaryl/α,β-unsaturated/α-hetero) is 1. The zero-order valence-electron chi connectivity index (χ0n) is 10.8. The second kappa shape index (κ2) is 5.66. The largest absolute Gasteiger partial charge is 0.294 e. The van der Waals surface area contributed by atoms with Gasteiger partial charge in [0.15, 0.2) is 5.78 Å². The van der Waals surface area contributed by atoms with Crippen molar-refractivity contribution in [2.45, 2.75) is 20.3 Å². The Morgan fingerprint density at radius 1 is 1.21 bits per heavy atom. The van der Waals surface area contributed by atoms with Crippen LogP contribution in [0, 0.1) is 19.7 Å².